The van der Waals surface area contributed by atoms with Crippen LogP contribution in [0.25, 0.3) is 0 Å². The highest BCUT2D eigenvalue weighted by Gasteiger charge is 2.20. The first-order chi connectivity index (χ1) is 26.2. The molecule has 0 spiro atoms. The van der Waals surface area contributed by atoms with Crippen molar-refractivity contribution in [3.8, 4) is 0 Å². The van der Waals surface area contributed by atoms with Gasteiger partial charge in [-0.3, -0.25) is 4.79 Å². The van der Waals surface area contributed by atoms with E-state index in [2.05, 4.69) is 31.3 Å². The molecule has 316 valence electrons. The van der Waals surface area contributed by atoms with E-state index in [-0.39, 0.29) is 12.5 Å². The summed E-state index contributed by atoms with van der Waals surface area (Å²) in [5, 5.41) is 23.3. The van der Waals surface area contributed by atoms with Gasteiger partial charge in [0, 0.05) is 6.42 Å². The van der Waals surface area contributed by atoms with Crippen LogP contribution in [-0.2, 0) is 4.79 Å². The summed E-state index contributed by atoms with van der Waals surface area (Å²) >= 11 is 0. The van der Waals surface area contributed by atoms with Crippen LogP contribution in [0, 0.1) is 0 Å². The number of nitrogens with one attached hydrogen (secondary N) is 1. The van der Waals surface area contributed by atoms with E-state index in [0.29, 0.717) is 12.8 Å². The monoisotopic (exact) mass is 748 g/mol. The lowest BCUT2D eigenvalue weighted by Crippen LogP contribution is -2.45. The first-order valence-electron chi connectivity index (χ1n) is 24.4. The molecule has 0 aliphatic rings. The van der Waals surface area contributed by atoms with Crippen molar-refractivity contribution in [2.75, 3.05) is 6.61 Å². The van der Waals surface area contributed by atoms with Crippen LogP contribution in [0.4, 0.5) is 0 Å². The van der Waals surface area contributed by atoms with Crippen LogP contribution in [-0.4, -0.2) is 34.9 Å². The van der Waals surface area contributed by atoms with Gasteiger partial charge in [0.2, 0.25) is 5.91 Å². The van der Waals surface area contributed by atoms with E-state index in [1.807, 2.05) is 0 Å². The summed E-state index contributed by atoms with van der Waals surface area (Å²) in [4.78, 5) is 12.4. The summed E-state index contributed by atoms with van der Waals surface area (Å²) in [6.45, 7) is 4.39. The van der Waals surface area contributed by atoms with Gasteiger partial charge in [-0.25, -0.2) is 0 Å². The molecule has 0 rings (SSSR count). The number of rotatable bonds is 45. The Balaban J connectivity index is 3.47. The molecule has 4 nitrogen and oxygen atoms in total. The van der Waals surface area contributed by atoms with Gasteiger partial charge in [-0.05, 0) is 38.5 Å². The number of amides is 1. The van der Waals surface area contributed by atoms with Crippen molar-refractivity contribution in [3.05, 3.63) is 12.2 Å². The zero-order chi connectivity index (χ0) is 38.6. The summed E-state index contributed by atoms with van der Waals surface area (Å²) in [6.07, 6.45) is 57.3. The second-order valence-corrected chi connectivity index (χ2v) is 16.9. The predicted octanol–water partition coefficient (Wildman–Crippen LogP) is 15.4. The molecule has 0 aromatic heterocycles. The minimum atomic E-state index is -0.658. The number of carbonyl (C=O) groups is 1. The van der Waals surface area contributed by atoms with E-state index in [0.717, 1.165) is 25.7 Å². The number of aliphatic hydroxyl groups excluding tert-OH is 2. The summed E-state index contributed by atoms with van der Waals surface area (Å²) in [5.41, 5.74) is 0. The quantitative estimate of drug-likeness (QED) is 0.0429. The lowest BCUT2D eigenvalue weighted by atomic mass is 10.0. The van der Waals surface area contributed by atoms with Gasteiger partial charge in [0.25, 0.3) is 0 Å². The van der Waals surface area contributed by atoms with Crippen LogP contribution in [0.1, 0.15) is 277 Å². The van der Waals surface area contributed by atoms with Gasteiger partial charge in [-0.15, -0.1) is 0 Å². The second-order valence-electron chi connectivity index (χ2n) is 16.9. The average molecular weight is 748 g/mol. The molecule has 0 bridgehead atoms. The number of hydrogen-bond acceptors (Lipinski definition) is 3. The summed E-state index contributed by atoms with van der Waals surface area (Å²) < 4.78 is 0. The molecule has 2 unspecified atom stereocenters. The highest BCUT2D eigenvalue weighted by atomic mass is 16.3. The third-order valence-electron chi connectivity index (χ3n) is 11.5. The standard InChI is InChI=1S/C49H97NO3/c1-3-5-7-9-11-13-15-17-19-21-23-25-27-29-31-33-35-37-39-41-43-45-49(53)50-47(46-51)48(52)44-42-40-38-36-34-32-30-28-26-24-22-20-18-16-14-12-10-8-6-4-2/h25,27,47-48,51-52H,3-24,26,28-46H2,1-2H3,(H,50,53)/b27-25-. The van der Waals surface area contributed by atoms with Crippen LogP contribution in [0.5, 0.6) is 0 Å². The van der Waals surface area contributed by atoms with Gasteiger partial charge in [-0.1, -0.05) is 244 Å². The number of allylic oxidation sites excluding steroid dienone is 2. The highest BCUT2D eigenvalue weighted by molar-refractivity contribution is 5.76. The summed E-state index contributed by atoms with van der Waals surface area (Å²) in [5.74, 6) is -0.0313. The van der Waals surface area contributed by atoms with E-state index >= 15 is 0 Å². The van der Waals surface area contributed by atoms with Crippen molar-refractivity contribution < 1.29 is 15.0 Å². The first kappa shape index (κ1) is 52.1. The van der Waals surface area contributed by atoms with Crippen molar-refractivity contribution in [1.82, 2.24) is 5.32 Å². The molecular weight excluding hydrogens is 651 g/mol. The number of hydrogen-bond donors (Lipinski definition) is 3. The van der Waals surface area contributed by atoms with Crippen LogP contribution in [0.2, 0.25) is 0 Å². The molecule has 0 radical (unpaired) electrons. The van der Waals surface area contributed by atoms with E-state index in [4.69, 9.17) is 0 Å². The molecule has 0 aromatic carbocycles. The zero-order valence-electron chi connectivity index (χ0n) is 36.3. The van der Waals surface area contributed by atoms with Crippen molar-refractivity contribution >= 4 is 5.91 Å². The fraction of sp³-hybridized carbons (Fsp3) is 0.939. The molecule has 0 saturated heterocycles. The maximum absolute atomic E-state index is 12.4. The lowest BCUT2D eigenvalue weighted by molar-refractivity contribution is -0.123. The third-order valence-corrected chi connectivity index (χ3v) is 11.5. The number of carbonyl (C=O) groups excluding carboxylic acids is 1. The van der Waals surface area contributed by atoms with Gasteiger partial charge in [0.05, 0.1) is 18.8 Å². The number of unbranched alkanes of at least 4 members (excludes halogenated alkanes) is 36. The Hall–Kier alpha value is -0.870. The zero-order valence-corrected chi connectivity index (χ0v) is 36.3. The first-order valence-corrected chi connectivity index (χ1v) is 24.4. The van der Waals surface area contributed by atoms with Gasteiger partial charge in [0.15, 0.2) is 0 Å². The van der Waals surface area contributed by atoms with Gasteiger partial charge in [-0.2, -0.15) is 0 Å². The fourth-order valence-electron chi connectivity index (χ4n) is 7.77. The Morgan fingerprint density at radius 1 is 0.434 bits per heavy atom. The molecule has 53 heavy (non-hydrogen) atoms. The normalized spacial score (nSPS) is 12.9. The van der Waals surface area contributed by atoms with Gasteiger partial charge < -0.3 is 15.5 Å². The smallest absolute Gasteiger partial charge is 0.220 e. The summed E-state index contributed by atoms with van der Waals surface area (Å²) in [6, 6.07) is -0.535. The molecule has 1 amide bonds. The van der Waals surface area contributed by atoms with E-state index in [1.165, 1.54) is 225 Å². The molecule has 0 fully saturated rings. The van der Waals surface area contributed by atoms with Crippen molar-refractivity contribution in [3.63, 3.8) is 0 Å². The molecule has 0 aromatic rings. The largest absolute Gasteiger partial charge is 0.394 e. The minimum absolute atomic E-state index is 0.0313. The molecule has 0 heterocycles. The maximum atomic E-state index is 12.4. The van der Waals surface area contributed by atoms with Crippen molar-refractivity contribution in [1.29, 1.82) is 0 Å². The van der Waals surface area contributed by atoms with Crippen LogP contribution in [0.15, 0.2) is 12.2 Å². The molecule has 0 aliphatic carbocycles. The maximum Gasteiger partial charge on any atom is 0.220 e. The van der Waals surface area contributed by atoms with E-state index < -0.39 is 12.1 Å². The van der Waals surface area contributed by atoms with Crippen molar-refractivity contribution in [2.45, 2.75) is 289 Å². The molecule has 2 atom stereocenters. The average Bonchev–Trinajstić information content (AvgIpc) is 3.16. The van der Waals surface area contributed by atoms with Crippen LogP contribution >= 0.6 is 0 Å². The Morgan fingerprint density at radius 3 is 1.04 bits per heavy atom. The lowest BCUT2D eigenvalue weighted by Gasteiger charge is -2.22. The topological polar surface area (TPSA) is 69.6 Å². The molecule has 3 N–H and O–H groups in total. The molecule has 0 aliphatic heterocycles. The Bertz CT molecular complexity index is 725. The fourth-order valence-corrected chi connectivity index (χ4v) is 7.77. The second kappa shape index (κ2) is 45.5. The minimum Gasteiger partial charge on any atom is -0.394 e. The predicted molar refractivity (Wildman–Crippen MR) is 235 cm³/mol. The van der Waals surface area contributed by atoms with Crippen LogP contribution in [0.3, 0.4) is 0 Å². The van der Waals surface area contributed by atoms with E-state index in [1.54, 1.807) is 0 Å². The third kappa shape index (κ3) is 42.1. The summed E-state index contributed by atoms with van der Waals surface area (Å²) in [7, 11) is 0. The Kier molecular flexibility index (Phi) is 44.8. The molecule has 0 saturated carbocycles. The number of aliphatic hydroxyl groups is 2. The Morgan fingerprint density at radius 2 is 0.717 bits per heavy atom. The molecular formula is C49H97NO3. The van der Waals surface area contributed by atoms with Crippen LogP contribution < -0.4 is 5.32 Å². The Labute approximate surface area is 333 Å². The van der Waals surface area contributed by atoms with Gasteiger partial charge in [0.1, 0.15) is 0 Å². The highest BCUT2D eigenvalue weighted by Crippen LogP contribution is 2.17. The van der Waals surface area contributed by atoms with E-state index in [9.17, 15) is 15.0 Å². The van der Waals surface area contributed by atoms with Crippen molar-refractivity contribution in [2.24, 2.45) is 0 Å². The van der Waals surface area contributed by atoms with Gasteiger partial charge >= 0.3 is 0 Å². The molecule has 4 heteroatoms. The SMILES string of the molecule is CCCCCCCCCCCC/C=C\CCCCCCCCCC(=O)NC(CO)C(O)CCCCCCCCCCCCCCCCCCCCCC.